The highest BCUT2D eigenvalue weighted by atomic mass is 16.5. The maximum atomic E-state index is 12.4. The van der Waals surface area contributed by atoms with E-state index < -0.39 is 0 Å². The molecule has 6 heteroatoms. The number of aromatic nitrogens is 1. The van der Waals surface area contributed by atoms with E-state index in [9.17, 15) is 4.79 Å². The van der Waals surface area contributed by atoms with E-state index >= 15 is 0 Å². The second-order valence-corrected chi connectivity index (χ2v) is 5.87. The first-order valence-corrected chi connectivity index (χ1v) is 8.67. The molecule has 0 saturated carbocycles. The highest BCUT2D eigenvalue weighted by molar-refractivity contribution is 5.81. The lowest BCUT2D eigenvalue weighted by Gasteiger charge is -2.35. The number of hydrogen-bond acceptors (Lipinski definition) is 5. The van der Waals surface area contributed by atoms with Crippen LogP contribution in [0.5, 0.6) is 5.75 Å². The average molecular weight is 340 g/mol. The lowest BCUT2D eigenvalue weighted by atomic mass is 10.2. The quantitative estimate of drug-likeness (QED) is 0.874. The predicted octanol–water partition coefficient (Wildman–Crippen LogP) is 2.24. The normalized spacial score (nSPS) is 14.3. The smallest absolute Gasteiger partial charge is 0.241 e. The largest absolute Gasteiger partial charge is 0.494 e. The maximum Gasteiger partial charge on any atom is 0.241 e. The molecule has 6 nitrogen and oxygen atoms in total. The molecule has 1 amide bonds. The van der Waals surface area contributed by atoms with Crippen LogP contribution in [0.4, 0.5) is 11.5 Å². The molecular weight excluding hydrogens is 316 g/mol. The number of carbonyl (C=O) groups excluding carboxylic acids is 1. The Hall–Kier alpha value is -2.76. The summed E-state index contributed by atoms with van der Waals surface area (Å²) in [6.07, 6.45) is 1.80. The van der Waals surface area contributed by atoms with Crippen molar-refractivity contribution in [3.05, 3.63) is 48.7 Å². The molecule has 0 radical (unpaired) electrons. The molecule has 2 aromatic rings. The number of nitrogens with zero attached hydrogens (tertiary/aromatic N) is 3. The molecular formula is C19H24N4O2. The number of amides is 1. The fourth-order valence-corrected chi connectivity index (χ4v) is 2.85. The highest BCUT2D eigenvalue weighted by Gasteiger charge is 2.21. The summed E-state index contributed by atoms with van der Waals surface area (Å²) in [5.74, 6) is 1.93. The number of hydrogen-bond donors (Lipinski definition) is 1. The van der Waals surface area contributed by atoms with E-state index in [4.69, 9.17) is 4.74 Å². The first-order chi connectivity index (χ1) is 12.3. The van der Waals surface area contributed by atoms with E-state index in [-0.39, 0.29) is 5.91 Å². The van der Waals surface area contributed by atoms with E-state index in [1.165, 1.54) is 0 Å². The Kier molecular flexibility index (Phi) is 5.72. The van der Waals surface area contributed by atoms with Crippen molar-refractivity contribution in [2.75, 3.05) is 49.5 Å². The van der Waals surface area contributed by atoms with Crippen molar-refractivity contribution in [1.29, 1.82) is 0 Å². The molecule has 3 rings (SSSR count). The van der Waals surface area contributed by atoms with E-state index in [2.05, 4.69) is 15.2 Å². The van der Waals surface area contributed by atoms with Gasteiger partial charge in [0.2, 0.25) is 5.91 Å². The summed E-state index contributed by atoms with van der Waals surface area (Å²) >= 11 is 0. The zero-order valence-electron chi connectivity index (χ0n) is 14.5. The summed E-state index contributed by atoms with van der Waals surface area (Å²) in [7, 11) is 0. The van der Waals surface area contributed by atoms with Gasteiger partial charge in [-0.2, -0.15) is 0 Å². The summed E-state index contributed by atoms with van der Waals surface area (Å²) in [6, 6.07) is 13.6. The third kappa shape index (κ3) is 4.62. The van der Waals surface area contributed by atoms with Gasteiger partial charge in [0.15, 0.2) is 0 Å². The van der Waals surface area contributed by atoms with Gasteiger partial charge < -0.3 is 19.9 Å². The van der Waals surface area contributed by atoms with Crippen LogP contribution in [0.1, 0.15) is 6.92 Å². The van der Waals surface area contributed by atoms with Crippen LogP contribution in [-0.4, -0.2) is 55.1 Å². The Morgan fingerprint density at radius 1 is 1.12 bits per heavy atom. The molecule has 2 heterocycles. The fraction of sp³-hybridized carbons (Fsp3) is 0.368. The van der Waals surface area contributed by atoms with Crippen molar-refractivity contribution in [2.24, 2.45) is 0 Å². The number of rotatable bonds is 6. The van der Waals surface area contributed by atoms with Crippen molar-refractivity contribution in [1.82, 2.24) is 9.88 Å². The van der Waals surface area contributed by atoms with Crippen LogP contribution in [0.15, 0.2) is 48.7 Å². The second-order valence-electron chi connectivity index (χ2n) is 5.87. The van der Waals surface area contributed by atoms with Gasteiger partial charge in [0.25, 0.3) is 0 Å². The zero-order chi connectivity index (χ0) is 17.5. The van der Waals surface area contributed by atoms with Crippen molar-refractivity contribution in [3.8, 4) is 5.75 Å². The fourth-order valence-electron chi connectivity index (χ4n) is 2.85. The molecule has 0 bridgehead atoms. The SMILES string of the molecule is CCOc1ccc(NCC(=O)N2CCN(c3ccccn3)CC2)cc1. The minimum atomic E-state index is 0.120. The molecule has 0 spiro atoms. The van der Waals surface area contributed by atoms with Gasteiger partial charge >= 0.3 is 0 Å². The van der Waals surface area contributed by atoms with Gasteiger partial charge in [-0.05, 0) is 43.3 Å². The number of anilines is 2. The third-order valence-corrected chi connectivity index (χ3v) is 4.21. The Morgan fingerprint density at radius 2 is 1.88 bits per heavy atom. The second kappa shape index (κ2) is 8.37. The minimum absolute atomic E-state index is 0.120. The lowest BCUT2D eigenvalue weighted by molar-refractivity contribution is -0.129. The van der Waals surface area contributed by atoms with Crippen molar-refractivity contribution in [2.45, 2.75) is 6.92 Å². The summed E-state index contributed by atoms with van der Waals surface area (Å²) in [5, 5.41) is 3.18. The first-order valence-electron chi connectivity index (χ1n) is 8.67. The van der Waals surface area contributed by atoms with Crippen LogP contribution in [0.25, 0.3) is 0 Å². The standard InChI is InChI=1S/C19H24N4O2/c1-2-25-17-8-6-16(7-9-17)21-15-19(24)23-13-11-22(12-14-23)18-5-3-4-10-20-18/h3-10,21H,2,11-15H2,1H3. The molecule has 1 N–H and O–H groups in total. The van der Waals surface area contributed by atoms with Gasteiger partial charge in [0.1, 0.15) is 11.6 Å². The highest BCUT2D eigenvalue weighted by Crippen LogP contribution is 2.16. The zero-order valence-corrected chi connectivity index (χ0v) is 14.5. The molecule has 1 aliphatic heterocycles. The molecule has 1 aromatic heterocycles. The topological polar surface area (TPSA) is 57.7 Å². The Bertz CT molecular complexity index is 668. The van der Waals surface area contributed by atoms with Gasteiger partial charge in [-0.25, -0.2) is 4.98 Å². The number of carbonyl (C=O) groups is 1. The van der Waals surface area contributed by atoms with Gasteiger partial charge in [-0.15, -0.1) is 0 Å². The molecule has 25 heavy (non-hydrogen) atoms. The predicted molar refractivity (Wildman–Crippen MR) is 99.1 cm³/mol. The molecule has 0 unspecified atom stereocenters. The van der Waals surface area contributed by atoms with Crippen LogP contribution in [-0.2, 0) is 4.79 Å². The summed E-state index contributed by atoms with van der Waals surface area (Å²) in [5.41, 5.74) is 0.920. The monoisotopic (exact) mass is 340 g/mol. The molecule has 0 aliphatic carbocycles. The van der Waals surface area contributed by atoms with E-state index in [0.717, 1.165) is 43.4 Å². The number of ether oxygens (including phenoxy) is 1. The third-order valence-electron chi connectivity index (χ3n) is 4.21. The van der Waals surface area contributed by atoms with Gasteiger partial charge in [0.05, 0.1) is 13.2 Å². The molecule has 132 valence electrons. The van der Waals surface area contributed by atoms with E-state index in [1.807, 2.05) is 54.3 Å². The number of benzene rings is 1. The number of pyridine rings is 1. The van der Waals surface area contributed by atoms with Gasteiger partial charge in [0, 0.05) is 38.1 Å². The first kappa shape index (κ1) is 17.1. The van der Waals surface area contributed by atoms with Crippen molar-refractivity contribution in [3.63, 3.8) is 0 Å². The number of nitrogens with one attached hydrogen (secondary N) is 1. The average Bonchev–Trinajstić information content (AvgIpc) is 2.68. The van der Waals surface area contributed by atoms with Crippen LogP contribution in [0.2, 0.25) is 0 Å². The Morgan fingerprint density at radius 3 is 2.52 bits per heavy atom. The molecule has 1 fully saturated rings. The van der Waals surface area contributed by atoms with Gasteiger partial charge in [-0.3, -0.25) is 4.79 Å². The molecule has 1 aromatic carbocycles. The van der Waals surface area contributed by atoms with Crippen LogP contribution in [0.3, 0.4) is 0 Å². The van der Waals surface area contributed by atoms with Crippen molar-refractivity contribution >= 4 is 17.4 Å². The Balaban J connectivity index is 1.45. The Labute approximate surface area is 148 Å². The summed E-state index contributed by atoms with van der Waals surface area (Å²) in [6.45, 7) is 5.98. The molecule has 0 atom stereocenters. The molecule has 1 saturated heterocycles. The van der Waals surface area contributed by atoms with E-state index in [0.29, 0.717) is 13.2 Å². The van der Waals surface area contributed by atoms with Crippen LogP contribution in [0, 0.1) is 0 Å². The van der Waals surface area contributed by atoms with Crippen molar-refractivity contribution < 1.29 is 9.53 Å². The van der Waals surface area contributed by atoms with Crippen LogP contribution >= 0.6 is 0 Å². The summed E-state index contributed by atoms with van der Waals surface area (Å²) in [4.78, 5) is 20.9. The van der Waals surface area contributed by atoms with Crippen LogP contribution < -0.4 is 15.0 Å². The summed E-state index contributed by atoms with van der Waals surface area (Å²) < 4.78 is 5.42. The number of piperazine rings is 1. The molecule has 1 aliphatic rings. The lowest BCUT2D eigenvalue weighted by Crippen LogP contribution is -2.50. The minimum Gasteiger partial charge on any atom is -0.494 e. The van der Waals surface area contributed by atoms with Gasteiger partial charge in [-0.1, -0.05) is 6.07 Å². The maximum absolute atomic E-state index is 12.4. The van der Waals surface area contributed by atoms with E-state index in [1.54, 1.807) is 6.20 Å².